The molecule has 0 unspecified atom stereocenters. The third kappa shape index (κ3) is 3.95. The van der Waals surface area contributed by atoms with Crippen LogP contribution in [0.1, 0.15) is 11.1 Å². The largest absolute Gasteiger partial charge is 0.417 e. The first kappa shape index (κ1) is 14.4. The molecule has 1 rings (SSSR count). The maximum atomic E-state index is 12.8. The fraction of sp³-hybridized carbons (Fsp3) is 0.200. The van der Waals surface area contributed by atoms with E-state index in [9.17, 15) is 13.2 Å². The molecule has 0 amide bonds. The highest BCUT2D eigenvalue weighted by molar-refractivity contribution is 7.98. The number of nitrogens with zero attached hydrogens (tertiary/aromatic N) is 2. The van der Waals surface area contributed by atoms with E-state index in [1.165, 1.54) is 17.8 Å². The van der Waals surface area contributed by atoms with Crippen LogP contribution in [0.4, 0.5) is 13.2 Å². The van der Waals surface area contributed by atoms with Crippen molar-refractivity contribution in [3.63, 3.8) is 0 Å². The van der Waals surface area contributed by atoms with Crippen LogP contribution in [0.2, 0.25) is 0 Å². The van der Waals surface area contributed by atoms with Crippen molar-refractivity contribution in [1.29, 1.82) is 0 Å². The predicted octanol–water partition coefficient (Wildman–Crippen LogP) is 2.03. The summed E-state index contributed by atoms with van der Waals surface area (Å²) in [5, 5.41) is 6.63. The quantitative estimate of drug-likeness (QED) is 0.384. The minimum atomic E-state index is -4.45. The number of rotatable bonds is 3. The molecule has 0 aliphatic heterocycles. The molecule has 98 valence electrons. The molecule has 0 spiro atoms. The van der Waals surface area contributed by atoms with Gasteiger partial charge in [0.2, 0.25) is 5.96 Å². The summed E-state index contributed by atoms with van der Waals surface area (Å²) in [6.45, 7) is 0. The summed E-state index contributed by atoms with van der Waals surface area (Å²) < 4.78 is 38.4. The molecule has 0 bridgehead atoms. The van der Waals surface area contributed by atoms with E-state index in [0.29, 0.717) is 4.90 Å². The van der Waals surface area contributed by atoms with Gasteiger partial charge in [0.15, 0.2) is 0 Å². The number of thioether (sulfide) groups is 1. The van der Waals surface area contributed by atoms with Crippen molar-refractivity contribution in [3.05, 3.63) is 29.3 Å². The van der Waals surface area contributed by atoms with Crippen LogP contribution < -0.4 is 11.5 Å². The van der Waals surface area contributed by atoms with Crippen LogP contribution in [-0.2, 0) is 6.18 Å². The Kier molecular flexibility index (Phi) is 4.60. The van der Waals surface area contributed by atoms with Crippen LogP contribution in [-0.4, -0.2) is 18.4 Å². The fourth-order valence-electron chi connectivity index (χ4n) is 1.18. The maximum Gasteiger partial charge on any atom is 0.417 e. The zero-order valence-corrected chi connectivity index (χ0v) is 10.2. The van der Waals surface area contributed by atoms with E-state index in [-0.39, 0.29) is 11.5 Å². The van der Waals surface area contributed by atoms with E-state index in [2.05, 4.69) is 10.2 Å². The van der Waals surface area contributed by atoms with Gasteiger partial charge in [0.25, 0.3) is 0 Å². The van der Waals surface area contributed by atoms with Crippen LogP contribution >= 0.6 is 11.8 Å². The van der Waals surface area contributed by atoms with E-state index in [1.54, 1.807) is 12.3 Å². The molecule has 0 saturated heterocycles. The third-order valence-corrected chi connectivity index (χ3v) is 2.66. The van der Waals surface area contributed by atoms with Crippen molar-refractivity contribution in [2.75, 3.05) is 6.26 Å². The summed E-state index contributed by atoms with van der Waals surface area (Å²) in [6.07, 6.45) is -1.79. The average molecular weight is 276 g/mol. The van der Waals surface area contributed by atoms with Crippen LogP contribution in [0, 0.1) is 0 Å². The smallest absolute Gasteiger partial charge is 0.369 e. The SMILES string of the molecule is CSc1ccc(C=NN=C(N)N)c(C(F)(F)F)c1. The summed E-state index contributed by atoms with van der Waals surface area (Å²) in [4.78, 5) is 0.515. The molecule has 0 atom stereocenters. The van der Waals surface area contributed by atoms with Gasteiger partial charge >= 0.3 is 6.18 Å². The summed E-state index contributed by atoms with van der Waals surface area (Å²) >= 11 is 1.22. The molecule has 1 aromatic carbocycles. The van der Waals surface area contributed by atoms with Crippen molar-refractivity contribution in [3.8, 4) is 0 Å². The summed E-state index contributed by atoms with van der Waals surface area (Å²) in [7, 11) is 0. The third-order valence-electron chi connectivity index (χ3n) is 1.94. The van der Waals surface area contributed by atoms with Gasteiger partial charge in [-0.1, -0.05) is 6.07 Å². The van der Waals surface area contributed by atoms with Crippen LogP contribution in [0.15, 0.2) is 33.3 Å². The molecule has 0 aliphatic carbocycles. The van der Waals surface area contributed by atoms with Gasteiger partial charge < -0.3 is 11.5 Å². The second kappa shape index (κ2) is 5.76. The number of hydrogen-bond donors (Lipinski definition) is 2. The van der Waals surface area contributed by atoms with Crippen molar-refractivity contribution in [1.82, 2.24) is 0 Å². The molecule has 4 N–H and O–H groups in total. The molecule has 0 aromatic heterocycles. The summed E-state index contributed by atoms with van der Waals surface area (Å²) in [5.41, 5.74) is 9.16. The van der Waals surface area contributed by atoms with E-state index in [1.807, 2.05) is 0 Å². The van der Waals surface area contributed by atoms with Crippen molar-refractivity contribution in [2.24, 2.45) is 21.7 Å². The number of benzene rings is 1. The Bertz CT molecular complexity index is 479. The van der Waals surface area contributed by atoms with Gasteiger partial charge in [0, 0.05) is 10.5 Å². The lowest BCUT2D eigenvalue weighted by atomic mass is 10.1. The highest BCUT2D eigenvalue weighted by Crippen LogP contribution is 2.33. The Hall–Kier alpha value is -1.70. The monoisotopic (exact) mass is 276 g/mol. The molecular formula is C10H11F3N4S. The number of halogens is 3. The van der Waals surface area contributed by atoms with Crippen molar-refractivity contribution < 1.29 is 13.2 Å². The lowest BCUT2D eigenvalue weighted by Gasteiger charge is -2.10. The summed E-state index contributed by atoms with van der Waals surface area (Å²) in [6, 6.07) is 3.94. The molecule has 0 aliphatic rings. The molecular weight excluding hydrogens is 265 g/mol. The lowest BCUT2D eigenvalue weighted by Crippen LogP contribution is -2.21. The normalized spacial score (nSPS) is 11.8. The fourth-order valence-corrected chi connectivity index (χ4v) is 1.62. The van der Waals surface area contributed by atoms with Crippen LogP contribution in [0.25, 0.3) is 0 Å². The number of alkyl halides is 3. The first-order valence-electron chi connectivity index (χ1n) is 4.72. The first-order valence-corrected chi connectivity index (χ1v) is 5.94. The number of nitrogens with two attached hydrogens (primary N) is 2. The minimum Gasteiger partial charge on any atom is -0.369 e. The van der Waals surface area contributed by atoms with E-state index >= 15 is 0 Å². The molecule has 8 heteroatoms. The van der Waals surface area contributed by atoms with Gasteiger partial charge in [-0.3, -0.25) is 0 Å². The molecule has 18 heavy (non-hydrogen) atoms. The van der Waals surface area contributed by atoms with Crippen molar-refractivity contribution >= 4 is 23.9 Å². The Labute approximate surface area is 106 Å². The van der Waals surface area contributed by atoms with Gasteiger partial charge in [-0.25, -0.2) is 0 Å². The Morgan fingerprint density at radius 1 is 1.33 bits per heavy atom. The second-order valence-electron chi connectivity index (χ2n) is 3.22. The first-order chi connectivity index (χ1) is 8.34. The molecule has 0 heterocycles. The van der Waals surface area contributed by atoms with Gasteiger partial charge in [0.05, 0.1) is 11.8 Å². The van der Waals surface area contributed by atoms with Gasteiger partial charge in [-0.15, -0.1) is 16.9 Å². The van der Waals surface area contributed by atoms with E-state index in [4.69, 9.17) is 11.5 Å². The van der Waals surface area contributed by atoms with Crippen molar-refractivity contribution in [2.45, 2.75) is 11.1 Å². The molecule has 0 radical (unpaired) electrons. The second-order valence-corrected chi connectivity index (χ2v) is 4.10. The number of hydrogen-bond acceptors (Lipinski definition) is 3. The highest BCUT2D eigenvalue weighted by Gasteiger charge is 2.33. The maximum absolute atomic E-state index is 12.8. The Morgan fingerprint density at radius 3 is 2.50 bits per heavy atom. The number of guanidine groups is 1. The zero-order valence-electron chi connectivity index (χ0n) is 9.40. The molecule has 0 saturated carbocycles. The van der Waals surface area contributed by atoms with Gasteiger partial charge in [-0.05, 0) is 18.4 Å². The standard InChI is InChI=1S/C10H11F3N4S/c1-18-7-3-2-6(5-16-17-9(14)15)8(4-7)10(11,12)13/h2-5H,1H3,(H4,14,15,17). The molecule has 0 fully saturated rings. The van der Waals surface area contributed by atoms with E-state index < -0.39 is 11.7 Å². The van der Waals surface area contributed by atoms with E-state index in [0.717, 1.165) is 12.3 Å². The minimum absolute atomic E-state index is 0.0923. The van der Waals surface area contributed by atoms with Gasteiger partial charge in [0.1, 0.15) is 0 Å². The molecule has 1 aromatic rings. The van der Waals surface area contributed by atoms with Crippen LogP contribution in [0.3, 0.4) is 0 Å². The predicted molar refractivity (Wildman–Crippen MR) is 66.6 cm³/mol. The molecule has 4 nitrogen and oxygen atoms in total. The Morgan fingerprint density at radius 2 is 2.00 bits per heavy atom. The lowest BCUT2D eigenvalue weighted by molar-refractivity contribution is -0.137. The Balaban J connectivity index is 3.19. The summed E-state index contributed by atoms with van der Waals surface area (Å²) in [5.74, 6) is -0.319. The zero-order chi connectivity index (χ0) is 13.8. The highest BCUT2D eigenvalue weighted by atomic mass is 32.2. The topological polar surface area (TPSA) is 76.8 Å². The van der Waals surface area contributed by atoms with Gasteiger partial charge in [-0.2, -0.15) is 18.3 Å². The average Bonchev–Trinajstić information content (AvgIpc) is 2.27. The van der Waals surface area contributed by atoms with Crippen LogP contribution in [0.5, 0.6) is 0 Å².